The van der Waals surface area contributed by atoms with E-state index in [1.54, 1.807) is 6.20 Å². The zero-order valence-corrected chi connectivity index (χ0v) is 13.4. The van der Waals surface area contributed by atoms with Crippen LogP contribution in [0.5, 0.6) is 0 Å². The van der Waals surface area contributed by atoms with Crippen molar-refractivity contribution in [3.8, 4) is 0 Å². The lowest BCUT2D eigenvalue weighted by molar-refractivity contribution is -0.115. The molecule has 4 heteroatoms. The van der Waals surface area contributed by atoms with Gasteiger partial charge in [-0.05, 0) is 49.6 Å². The molecule has 0 aliphatic rings. The monoisotopic (exact) mass is 297 g/mol. The summed E-state index contributed by atoms with van der Waals surface area (Å²) in [7, 11) is 0. The number of nitrogens with one attached hydrogen (secondary N) is 2. The average molecular weight is 297 g/mol. The first kappa shape index (κ1) is 16.2. The molecule has 1 amide bonds. The molecule has 0 unspecified atom stereocenters. The van der Waals surface area contributed by atoms with E-state index in [1.165, 1.54) is 16.7 Å². The number of hydrogen-bond donors (Lipinski definition) is 2. The summed E-state index contributed by atoms with van der Waals surface area (Å²) in [5.74, 6) is -0.0391. The van der Waals surface area contributed by atoms with Crippen molar-refractivity contribution >= 4 is 11.6 Å². The lowest BCUT2D eigenvalue weighted by atomic mass is 10.0. The maximum Gasteiger partial charge on any atom is 0.238 e. The van der Waals surface area contributed by atoms with Gasteiger partial charge < -0.3 is 10.6 Å². The molecule has 116 valence electrons. The smallest absolute Gasteiger partial charge is 0.238 e. The molecule has 1 atom stereocenters. The van der Waals surface area contributed by atoms with E-state index in [-0.39, 0.29) is 18.5 Å². The first-order valence-electron chi connectivity index (χ1n) is 7.63. The van der Waals surface area contributed by atoms with Gasteiger partial charge >= 0.3 is 0 Å². The van der Waals surface area contributed by atoms with Crippen LogP contribution in [-0.4, -0.2) is 17.4 Å². The van der Waals surface area contributed by atoms with E-state index in [2.05, 4.69) is 29.5 Å². The third-order valence-electron chi connectivity index (χ3n) is 3.69. The van der Waals surface area contributed by atoms with E-state index in [1.807, 2.05) is 43.5 Å². The molecule has 0 spiro atoms. The van der Waals surface area contributed by atoms with E-state index >= 15 is 0 Å². The fourth-order valence-electron chi connectivity index (χ4n) is 2.35. The third-order valence-corrected chi connectivity index (χ3v) is 3.69. The van der Waals surface area contributed by atoms with Crippen LogP contribution in [0.25, 0.3) is 0 Å². The third kappa shape index (κ3) is 4.40. The minimum Gasteiger partial charge on any atom is -0.325 e. The van der Waals surface area contributed by atoms with Crippen molar-refractivity contribution in [2.75, 3.05) is 11.9 Å². The minimum absolute atomic E-state index is 0.0391. The Labute approximate surface area is 132 Å². The molecule has 0 fully saturated rings. The van der Waals surface area contributed by atoms with Crippen LogP contribution < -0.4 is 10.6 Å². The van der Waals surface area contributed by atoms with Gasteiger partial charge in [0.05, 0.1) is 6.54 Å². The molecule has 4 nitrogen and oxygen atoms in total. The molecule has 0 bridgehead atoms. The van der Waals surface area contributed by atoms with E-state index < -0.39 is 0 Å². The van der Waals surface area contributed by atoms with Crippen LogP contribution in [0.4, 0.5) is 5.69 Å². The van der Waals surface area contributed by atoms with Crippen LogP contribution >= 0.6 is 0 Å². The van der Waals surface area contributed by atoms with Gasteiger partial charge in [0.1, 0.15) is 0 Å². The van der Waals surface area contributed by atoms with Gasteiger partial charge in [-0.15, -0.1) is 0 Å². The quantitative estimate of drug-likeness (QED) is 0.860. The molecule has 0 radical (unpaired) electrons. The summed E-state index contributed by atoms with van der Waals surface area (Å²) in [4.78, 5) is 16.2. The molecule has 2 N–H and O–H groups in total. The molecular weight excluding hydrogens is 274 g/mol. The fourth-order valence-corrected chi connectivity index (χ4v) is 2.35. The number of benzene rings is 1. The maximum atomic E-state index is 12.0. The van der Waals surface area contributed by atoms with Gasteiger partial charge in [0.2, 0.25) is 5.91 Å². The molecule has 0 aliphatic heterocycles. The second-order valence-corrected chi connectivity index (χ2v) is 5.44. The molecule has 22 heavy (non-hydrogen) atoms. The first-order chi connectivity index (χ1) is 10.6. The van der Waals surface area contributed by atoms with E-state index in [9.17, 15) is 4.79 Å². The highest BCUT2D eigenvalue weighted by atomic mass is 16.1. The molecular formula is C18H23N3O. The highest BCUT2D eigenvalue weighted by Gasteiger charge is 2.11. The number of carbonyl (C=O) groups is 1. The van der Waals surface area contributed by atoms with Crippen molar-refractivity contribution in [3.63, 3.8) is 0 Å². The van der Waals surface area contributed by atoms with Crippen LogP contribution in [-0.2, 0) is 11.2 Å². The molecule has 1 aromatic heterocycles. The van der Waals surface area contributed by atoms with E-state index in [0.29, 0.717) is 0 Å². The highest BCUT2D eigenvalue weighted by Crippen LogP contribution is 2.17. The van der Waals surface area contributed by atoms with Crippen LogP contribution in [0.15, 0.2) is 42.7 Å². The second kappa shape index (κ2) is 7.71. The first-order valence-corrected chi connectivity index (χ1v) is 7.63. The highest BCUT2D eigenvalue weighted by molar-refractivity contribution is 5.92. The van der Waals surface area contributed by atoms with Crippen LogP contribution in [0.3, 0.4) is 0 Å². The zero-order chi connectivity index (χ0) is 15.9. The lowest BCUT2D eigenvalue weighted by Gasteiger charge is -2.17. The number of aryl methyl sites for hydroxylation is 2. The van der Waals surface area contributed by atoms with Gasteiger partial charge in [-0.3, -0.25) is 9.78 Å². The fraction of sp³-hybridized carbons (Fsp3) is 0.333. The number of amides is 1. The molecule has 1 heterocycles. The van der Waals surface area contributed by atoms with Crippen LogP contribution in [0.2, 0.25) is 0 Å². The average Bonchev–Trinajstić information content (AvgIpc) is 2.54. The van der Waals surface area contributed by atoms with Crippen molar-refractivity contribution in [3.05, 3.63) is 59.4 Å². The Morgan fingerprint density at radius 3 is 2.64 bits per heavy atom. The van der Waals surface area contributed by atoms with E-state index in [0.717, 1.165) is 12.1 Å². The minimum atomic E-state index is -0.0391. The largest absolute Gasteiger partial charge is 0.325 e. The molecule has 0 saturated heterocycles. The Morgan fingerprint density at radius 2 is 1.95 bits per heavy atom. The Balaban J connectivity index is 1.89. The Bertz CT molecular complexity index is 622. The standard InChI is InChI=1S/C18H23N3O/c1-4-15-11-19-10-9-17(15)14(3)20-12-18(22)21-16-7-5-13(2)6-8-16/h5-11,14,20H,4,12H2,1-3H3,(H,21,22)/t14-/m1/s1. The molecule has 2 rings (SSSR count). The number of aromatic nitrogens is 1. The number of hydrogen-bond acceptors (Lipinski definition) is 3. The SMILES string of the molecule is CCc1cnccc1[C@@H](C)NCC(=O)Nc1ccc(C)cc1. The predicted molar refractivity (Wildman–Crippen MR) is 89.8 cm³/mol. The lowest BCUT2D eigenvalue weighted by Crippen LogP contribution is -2.30. The predicted octanol–water partition coefficient (Wildman–Crippen LogP) is 3.24. The summed E-state index contributed by atoms with van der Waals surface area (Å²) < 4.78 is 0. The summed E-state index contributed by atoms with van der Waals surface area (Å²) in [6, 6.07) is 9.91. The second-order valence-electron chi connectivity index (χ2n) is 5.44. The van der Waals surface area contributed by atoms with Gasteiger partial charge in [-0.2, -0.15) is 0 Å². The number of nitrogens with zero attached hydrogens (tertiary/aromatic N) is 1. The van der Waals surface area contributed by atoms with Crippen molar-refractivity contribution in [2.24, 2.45) is 0 Å². The van der Waals surface area contributed by atoms with Gasteiger partial charge in [-0.25, -0.2) is 0 Å². The summed E-state index contributed by atoms with van der Waals surface area (Å²) in [6.45, 7) is 6.47. The van der Waals surface area contributed by atoms with Gasteiger partial charge in [0.15, 0.2) is 0 Å². The normalized spacial score (nSPS) is 12.0. The van der Waals surface area contributed by atoms with Gasteiger partial charge in [0.25, 0.3) is 0 Å². The molecule has 0 aliphatic carbocycles. The maximum absolute atomic E-state index is 12.0. The summed E-state index contributed by atoms with van der Waals surface area (Å²) in [5, 5.41) is 6.16. The van der Waals surface area contributed by atoms with Crippen molar-refractivity contribution in [1.82, 2.24) is 10.3 Å². The van der Waals surface area contributed by atoms with Crippen molar-refractivity contribution in [2.45, 2.75) is 33.2 Å². The van der Waals surface area contributed by atoms with Crippen molar-refractivity contribution in [1.29, 1.82) is 0 Å². The van der Waals surface area contributed by atoms with Crippen molar-refractivity contribution < 1.29 is 4.79 Å². The Hall–Kier alpha value is -2.20. The number of anilines is 1. The summed E-state index contributed by atoms with van der Waals surface area (Å²) >= 11 is 0. The number of carbonyl (C=O) groups excluding carboxylic acids is 1. The molecule has 0 saturated carbocycles. The molecule has 1 aromatic carbocycles. The van der Waals surface area contributed by atoms with Crippen LogP contribution in [0.1, 0.15) is 36.6 Å². The van der Waals surface area contributed by atoms with Gasteiger partial charge in [-0.1, -0.05) is 24.6 Å². The number of pyridine rings is 1. The topological polar surface area (TPSA) is 54.0 Å². The Morgan fingerprint density at radius 1 is 1.23 bits per heavy atom. The Kier molecular flexibility index (Phi) is 5.67. The van der Waals surface area contributed by atoms with E-state index in [4.69, 9.17) is 0 Å². The molecule has 2 aromatic rings. The summed E-state index contributed by atoms with van der Waals surface area (Å²) in [5.41, 5.74) is 4.40. The van der Waals surface area contributed by atoms with Crippen LogP contribution in [0, 0.1) is 6.92 Å². The number of rotatable bonds is 6. The van der Waals surface area contributed by atoms with Gasteiger partial charge in [0, 0.05) is 24.1 Å². The summed E-state index contributed by atoms with van der Waals surface area (Å²) in [6.07, 6.45) is 4.61. The zero-order valence-electron chi connectivity index (χ0n) is 13.4.